The number of aryl methyl sites for hydroxylation is 2. The minimum atomic E-state index is -3.64. The Balaban J connectivity index is 1.43. The van der Waals surface area contributed by atoms with E-state index in [4.69, 9.17) is 0 Å². The molecule has 3 heterocycles. The zero-order valence-corrected chi connectivity index (χ0v) is 19.8. The number of nitrogens with one attached hydrogen (secondary N) is 2. The highest BCUT2D eigenvalue weighted by atomic mass is 32.2. The second kappa shape index (κ2) is 8.74. The molecule has 11 heteroatoms. The fourth-order valence-corrected chi connectivity index (χ4v) is 6.26. The molecule has 0 aliphatic carbocycles. The van der Waals surface area contributed by atoms with Crippen LogP contribution in [0.25, 0.3) is 10.2 Å². The third kappa shape index (κ3) is 4.20. The topological polar surface area (TPSA) is 115 Å². The van der Waals surface area contributed by atoms with Crippen LogP contribution in [0.5, 0.6) is 0 Å². The standard InChI is InChI=1S/C21H25N5O4S2/c1-13-14(2)31-21-18(13)20(28)23-17(24-21)12-25-8-10-26(11-9-25)32(29,30)16-6-4-15(5-7-16)19(27)22-3/h4-7H,8-12H2,1-3H3,(H,22,27)(H,23,24,28). The van der Waals surface area contributed by atoms with E-state index >= 15 is 0 Å². The van der Waals surface area contributed by atoms with Crippen LogP contribution in [0.2, 0.25) is 0 Å². The van der Waals surface area contributed by atoms with Gasteiger partial charge in [0.25, 0.3) is 11.5 Å². The Morgan fingerprint density at radius 3 is 2.44 bits per heavy atom. The number of nitrogens with zero attached hydrogens (tertiary/aromatic N) is 3. The number of H-pyrrole nitrogens is 1. The highest BCUT2D eigenvalue weighted by molar-refractivity contribution is 7.89. The molecule has 9 nitrogen and oxygen atoms in total. The van der Waals surface area contributed by atoms with Crippen molar-refractivity contribution in [3.05, 3.63) is 56.4 Å². The molecule has 1 aliphatic rings. The van der Waals surface area contributed by atoms with Gasteiger partial charge in [0.1, 0.15) is 10.7 Å². The Morgan fingerprint density at radius 1 is 1.16 bits per heavy atom. The van der Waals surface area contributed by atoms with Gasteiger partial charge >= 0.3 is 0 Å². The van der Waals surface area contributed by atoms with Crippen molar-refractivity contribution < 1.29 is 13.2 Å². The summed E-state index contributed by atoms with van der Waals surface area (Å²) in [6, 6.07) is 5.94. The molecule has 0 saturated carbocycles. The SMILES string of the molecule is CNC(=O)c1ccc(S(=O)(=O)N2CCN(Cc3nc4sc(C)c(C)c4c(=O)[nH]3)CC2)cc1. The summed E-state index contributed by atoms with van der Waals surface area (Å²) in [6.07, 6.45) is 0. The van der Waals surface area contributed by atoms with Crippen LogP contribution in [0.1, 0.15) is 26.6 Å². The van der Waals surface area contributed by atoms with Crippen molar-refractivity contribution in [2.75, 3.05) is 33.2 Å². The number of aromatic amines is 1. The van der Waals surface area contributed by atoms with Crippen molar-refractivity contribution in [3.8, 4) is 0 Å². The third-order valence-electron chi connectivity index (χ3n) is 5.77. The van der Waals surface area contributed by atoms with Gasteiger partial charge in [-0.1, -0.05) is 0 Å². The fraction of sp³-hybridized carbons (Fsp3) is 0.381. The van der Waals surface area contributed by atoms with Gasteiger partial charge in [-0.2, -0.15) is 4.31 Å². The Kier molecular flexibility index (Phi) is 6.17. The monoisotopic (exact) mass is 475 g/mol. The molecule has 0 radical (unpaired) electrons. The largest absolute Gasteiger partial charge is 0.355 e. The van der Waals surface area contributed by atoms with E-state index in [1.165, 1.54) is 47.0 Å². The maximum Gasteiger partial charge on any atom is 0.259 e. The number of benzene rings is 1. The lowest BCUT2D eigenvalue weighted by molar-refractivity contribution is 0.0963. The normalized spacial score (nSPS) is 15.8. The van der Waals surface area contributed by atoms with Gasteiger partial charge in [0, 0.05) is 43.7 Å². The second-order valence-electron chi connectivity index (χ2n) is 7.76. The van der Waals surface area contributed by atoms with Crippen molar-refractivity contribution in [2.24, 2.45) is 0 Å². The predicted octanol–water partition coefficient (Wildman–Crippen LogP) is 1.47. The smallest absolute Gasteiger partial charge is 0.259 e. The van der Waals surface area contributed by atoms with Crippen molar-refractivity contribution in [2.45, 2.75) is 25.3 Å². The average Bonchev–Trinajstić information content (AvgIpc) is 3.07. The molecule has 170 valence electrons. The van der Waals surface area contributed by atoms with Crippen LogP contribution in [0.4, 0.5) is 0 Å². The Morgan fingerprint density at radius 2 is 1.81 bits per heavy atom. The van der Waals surface area contributed by atoms with Crippen molar-refractivity contribution in [3.63, 3.8) is 0 Å². The molecule has 1 amide bonds. The second-order valence-corrected chi connectivity index (χ2v) is 10.9. The quantitative estimate of drug-likeness (QED) is 0.577. The molecule has 0 bridgehead atoms. The van der Waals surface area contributed by atoms with Crippen molar-refractivity contribution in [1.29, 1.82) is 0 Å². The van der Waals surface area contributed by atoms with Crippen LogP contribution in [0, 0.1) is 13.8 Å². The Hall–Kier alpha value is -2.60. The van der Waals surface area contributed by atoms with Crippen molar-refractivity contribution >= 4 is 37.5 Å². The summed E-state index contributed by atoms with van der Waals surface area (Å²) in [5.74, 6) is 0.324. The van der Waals surface area contributed by atoms with Gasteiger partial charge in [0.15, 0.2) is 0 Å². The molecule has 1 saturated heterocycles. The summed E-state index contributed by atoms with van der Waals surface area (Å²) in [7, 11) is -2.12. The molecule has 0 atom stereocenters. The average molecular weight is 476 g/mol. The summed E-state index contributed by atoms with van der Waals surface area (Å²) in [5, 5.41) is 3.16. The first-order chi connectivity index (χ1) is 15.2. The van der Waals surface area contributed by atoms with Gasteiger partial charge in [-0.15, -0.1) is 11.3 Å². The first kappa shape index (κ1) is 22.6. The Labute approximate surface area is 190 Å². The number of hydrogen-bond donors (Lipinski definition) is 2. The lowest BCUT2D eigenvalue weighted by atomic mass is 10.2. The molecule has 1 fully saturated rings. The highest BCUT2D eigenvalue weighted by Crippen LogP contribution is 2.26. The van der Waals surface area contributed by atoms with E-state index in [1.807, 2.05) is 13.8 Å². The van der Waals surface area contributed by atoms with Gasteiger partial charge in [-0.3, -0.25) is 14.5 Å². The summed E-state index contributed by atoms with van der Waals surface area (Å²) in [5.41, 5.74) is 1.24. The summed E-state index contributed by atoms with van der Waals surface area (Å²) in [6.45, 7) is 6.09. The van der Waals surface area contributed by atoms with Crippen LogP contribution < -0.4 is 10.9 Å². The lowest BCUT2D eigenvalue weighted by Gasteiger charge is -2.33. The molecule has 2 N–H and O–H groups in total. The van der Waals surface area contributed by atoms with E-state index in [0.717, 1.165) is 15.3 Å². The summed E-state index contributed by atoms with van der Waals surface area (Å²) < 4.78 is 27.4. The molecule has 32 heavy (non-hydrogen) atoms. The predicted molar refractivity (Wildman–Crippen MR) is 124 cm³/mol. The molecule has 4 rings (SSSR count). The third-order valence-corrected chi connectivity index (χ3v) is 8.79. The minimum Gasteiger partial charge on any atom is -0.355 e. The van der Waals surface area contributed by atoms with E-state index in [0.29, 0.717) is 49.5 Å². The number of piperazine rings is 1. The van der Waals surface area contributed by atoms with Crippen LogP contribution >= 0.6 is 11.3 Å². The number of aromatic nitrogens is 2. The molecule has 0 unspecified atom stereocenters. The van der Waals surface area contributed by atoms with Gasteiger partial charge in [0.05, 0.1) is 16.8 Å². The molecular weight excluding hydrogens is 450 g/mol. The van der Waals surface area contributed by atoms with Gasteiger partial charge in [-0.25, -0.2) is 13.4 Å². The van der Waals surface area contributed by atoms with Crippen LogP contribution in [0.15, 0.2) is 34.0 Å². The summed E-state index contributed by atoms with van der Waals surface area (Å²) >= 11 is 1.51. The maximum atomic E-state index is 13.0. The molecule has 0 spiro atoms. The number of carbonyl (C=O) groups is 1. The molecule has 2 aromatic heterocycles. The number of sulfonamides is 1. The van der Waals surface area contributed by atoms with Gasteiger partial charge in [0.2, 0.25) is 10.0 Å². The minimum absolute atomic E-state index is 0.131. The fourth-order valence-electron chi connectivity index (χ4n) is 3.79. The van der Waals surface area contributed by atoms with Crippen molar-refractivity contribution in [1.82, 2.24) is 24.5 Å². The lowest BCUT2D eigenvalue weighted by Crippen LogP contribution is -2.48. The van der Waals surface area contributed by atoms with E-state index < -0.39 is 10.0 Å². The van der Waals surface area contributed by atoms with E-state index in [2.05, 4.69) is 20.2 Å². The number of hydrogen-bond acceptors (Lipinski definition) is 7. The summed E-state index contributed by atoms with van der Waals surface area (Å²) in [4.78, 5) is 35.7. The Bertz CT molecular complexity index is 1320. The number of carbonyl (C=O) groups excluding carboxylic acids is 1. The molecule has 1 aliphatic heterocycles. The molecule has 3 aromatic rings. The zero-order chi connectivity index (χ0) is 23.0. The van der Waals surface area contributed by atoms with E-state index in [9.17, 15) is 18.0 Å². The molecular formula is C21H25N5O4S2. The van der Waals surface area contributed by atoms with E-state index in [1.54, 1.807) is 0 Å². The number of rotatable bonds is 5. The zero-order valence-electron chi connectivity index (χ0n) is 18.1. The number of amides is 1. The van der Waals surface area contributed by atoms with Gasteiger partial charge in [-0.05, 0) is 43.7 Å². The molecule has 1 aromatic carbocycles. The number of thiophene rings is 1. The van der Waals surface area contributed by atoms with E-state index in [-0.39, 0.29) is 16.4 Å². The van der Waals surface area contributed by atoms with Crippen LogP contribution in [0.3, 0.4) is 0 Å². The van der Waals surface area contributed by atoms with Crippen LogP contribution in [-0.4, -0.2) is 66.7 Å². The number of fused-ring (bicyclic) bond motifs is 1. The first-order valence-electron chi connectivity index (χ1n) is 10.2. The first-order valence-corrected chi connectivity index (χ1v) is 12.5. The maximum absolute atomic E-state index is 13.0. The highest BCUT2D eigenvalue weighted by Gasteiger charge is 2.29. The van der Waals surface area contributed by atoms with Gasteiger partial charge < -0.3 is 10.3 Å². The van der Waals surface area contributed by atoms with Crippen LogP contribution in [-0.2, 0) is 16.6 Å².